The van der Waals surface area contributed by atoms with E-state index in [1.165, 1.54) is 0 Å². The molecule has 2 heterocycles. The lowest BCUT2D eigenvalue weighted by molar-refractivity contribution is -0.155. The molecule has 2 N–H and O–H groups in total. The number of fused-ring (bicyclic) bond motifs is 2. The van der Waals surface area contributed by atoms with E-state index < -0.39 is 35.5 Å². The highest BCUT2D eigenvalue weighted by molar-refractivity contribution is 5.82. The number of aliphatic carboxylic acids is 2. The number of hydrogen-bond donors (Lipinski definition) is 2. The summed E-state index contributed by atoms with van der Waals surface area (Å²) in [4.78, 5) is 21.9. The fraction of sp³-hybridized carbons (Fsp3) is 0.778. The molecule has 2 bridgehead atoms. The topological polar surface area (TPSA) is 83.8 Å². The van der Waals surface area contributed by atoms with Gasteiger partial charge in [-0.25, -0.2) is 0 Å². The Bertz CT molecular complexity index is 300. The highest BCUT2D eigenvalue weighted by atomic mass is 16.5. The van der Waals surface area contributed by atoms with E-state index in [4.69, 9.17) is 14.9 Å². The van der Waals surface area contributed by atoms with Gasteiger partial charge in [-0.15, -0.1) is 0 Å². The van der Waals surface area contributed by atoms with Gasteiger partial charge in [-0.2, -0.15) is 0 Å². The number of ether oxygens (including phenoxy) is 1. The van der Waals surface area contributed by atoms with Gasteiger partial charge in [-0.1, -0.05) is 0 Å². The van der Waals surface area contributed by atoms with Crippen molar-refractivity contribution in [3.63, 3.8) is 0 Å². The molecule has 0 aromatic carbocycles. The van der Waals surface area contributed by atoms with Crippen LogP contribution in [0.3, 0.4) is 0 Å². The lowest BCUT2D eigenvalue weighted by Gasteiger charge is -2.28. The maximum Gasteiger partial charge on any atom is 0.310 e. The predicted octanol–water partition coefficient (Wildman–Crippen LogP) is 0.339. The van der Waals surface area contributed by atoms with E-state index in [-0.39, 0.29) is 0 Å². The summed E-state index contributed by atoms with van der Waals surface area (Å²) in [6.45, 7) is 1.69. The van der Waals surface area contributed by atoms with Gasteiger partial charge >= 0.3 is 11.9 Å². The van der Waals surface area contributed by atoms with Crippen LogP contribution in [0.4, 0.5) is 0 Å². The zero-order valence-electron chi connectivity index (χ0n) is 7.77. The average Bonchev–Trinajstić information content (AvgIpc) is 2.55. The fourth-order valence-electron chi connectivity index (χ4n) is 2.69. The monoisotopic (exact) mass is 200 g/mol. The first-order valence-electron chi connectivity index (χ1n) is 4.59. The minimum absolute atomic E-state index is 0.418. The van der Waals surface area contributed by atoms with Crippen LogP contribution in [0, 0.1) is 11.8 Å². The summed E-state index contributed by atoms with van der Waals surface area (Å²) in [6, 6.07) is 0. The minimum Gasteiger partial charge on any atom is -0.481 e. The van der Waals surface area contributed by atoms with E-state index >= 15 is 0 Å². The normalized spacial score (nSPS) is 45.4. The van der Waals surface area contributed by atoms with Gasteiger partial charge in [0.25, 0.3) is 0 Å². The molecule has 2 aliphatic rings. The van der Waals surface area contributed by atoms with Crippen LogP contribution in [0.2, 0.25) is 0 Å². The molecule has 5 heteroatoms. The molecular weight excluding hydrogens is 188 g/mol. The number of carbonyl (C=O) groups is 2. The SMILES string of the molecule is C[C@]12CC[C@@H](O1)[C@@H](C(=O)O)[C@@H]2C(=O)O. The van der Waals surface area contributed by atoms with Crippen molar-refractivity contribution < 1.29 is 24.5 Å². The van der Waals surface area contributed by atoms with Gasteiger partial charge < -0.3 is 14.9 Å². The smallest absolute Gasteiger partial charge is 0.310 e. The summed E-state index contributed by atoms with van der Waals surface area (Å²) in [7, 11) is 0. The third kappa shape index (κ3) is 1.05. The molecule has 4 atom stereocenters. The second-order valence-electron chi connectivity index (χ2n) is 4.19. The van der Waals surface area contributed by atoms with Crippen LogP contribution >= 0.6 is 0 Å². The Kier molecular flexibility index (Phi) is 1.82. The summed E-state index contributed by atoms with van der Waals surface area (Å²) in [5, 5.41) is 17.9. The molecule has 2 rings (SSSR count). The van der Waals surface area contributed by atoms with Gasteiger partial charge in [0.1, 0.15) is 5.92 Å². The molecule has 0 aromatic heterocycles. The van der Waals surface area contributed by atoms with Crippen LogP contribution in [0.25, 0.3) is 0 Å². The second-order valence-corrected chi connectivity index (χ2v) is 4.19. The van der Waals surface area contributed by atoms with E-state index in [0.717, 1.165) is 0 Å². The molecule has 0 aliphatic carbocycles. The Labute approximate surface area is 80.7 Å². The van der Waals surface area contributed by atoms with Crippen LogP contribution in [-0.4, -0.2) is 33.9 Å². The third-order valence-electron chi connectivity index (χ3n) is 3.31. The van der Waals surface area contributed by atoms with Crippen LogP contribution in [-0.2, 0) is 14.3 Å². The third-order valence-corrected chi connectivity index (χ3v) is 3.31. The van der Waals surface area contributed by atoms with Crippen molar-refractivity contribution >= 4 is 11.9 Å². The summed E-state index contributed by atoms with van der Waals surface area (Å²) in [5.74, 6) is -3.92. The highest BCUT2D eigenvalue weighted by Crippen LogP contribution is 2.51. The largest absolute Gasteiger partial charge is 0.481 e. The molecule has 0 aromatic rings. The lowest BCUT2D eigenvalue weighted by Crippen LogP contribution is -2.43. The molecule has 78 valence electrons. The molecule has 0 radical (unpaired) electrons. The quantitative estimate of drug-likeness (QED) is 0.671. The van der Waals surface area contributed by atoms with Gasteiger partial charge in [0, 0.05) is 0 Å². The van der Waals surface area contributed by atoms with Crippen molar-refractivity contribution in [2.24, 2.45) is 11.8 Å². The van der Waals surface area contributed by atoms with Crippen molar-refractivity contribution in [1.29, 1.82) is 0 Å². The lowest BCUT2D eigenvalue weighted by atomic mass is 9.72. The Morgan fingerprint density at radius 1 is 1.36 bits per heavy atom. The van der Waals surface area contributed by atoms with Gasteiger partial charge in [-0.05, 0) is 19.8 Å². The van der Waals surface area contributed by atoms with E-state index in [2.05, 4.69) is 0 Å². The van der Waals surface area contributed by atoms with Crippen molar-refractivity contribution in [2.45, 2.75) is 31.5 Å². The van der Waals surface area contributed by atoms with E-state index in [9.17, 15) is 9.59 Å². The zero-order valence-corrected chi connectivity index (χ0v) is 7.77. The Morgan fingerprint density at radius 2 is 2.00 bits per heavy atom. The highest BCUT2D eigenvalue weighted by Gasteiger charge is 2.62. The van der Waals surface area contributed by atoms with E-state index in [1.807, 2.05) is 0 Å². The Balaban J connectivity index is 2.35. The van der Waals surface area contributed by atoms with Gasteiger partial charge in [0.05, 0.1) is 17.6 Å². The first-order chi connectivity index (χ1) is 6.46. The molecule has 5 nitrogen and oxygen atoms in total. The molecule has 14 heavy (non-hydrogen) atoms. The van der Waals surface area contributed by atoms with Crippen LogP contribution < -0.4 is 0 Å². The number of carboxylic acids is 2. The number of carboxylic acid groups (broad SMARTS) is 2. The first-order valence-corrected chi connectivity index (χ1v) is 4.59. The molecule has 0 unspecified atom stereocenters. The molecule has 2 aliphatic heterocycles. The summed E-state index contributed by atoms with van der Waals surface area (Å²) >= 11 is 0. The standard InChI is InChI=1S/C9H12O5/c1-9-3-2-4(14-9)5(7(10)11)6(9)8(12)13/h4-6H,2-3H2,1H3,(H,10,11)(H,12,13)/t4-,5-,6-,9-/m1/s1. The molecule has 2 saturated heterocycles. The van der Waals surface area contributed by atoms with Crippen molar-refractivity contribution in [3.8, 4) is 0 Å². The van der Waals surface area contributed by atoms with Gasteiger partial charge in [-0.3, -0.25) is 9.59 Å². The van der Waals surface area contributed by atoms with E-state index in [0.29, 0.717) is 12.8 Å². The zero-order chi connectivity index (χ0) is 10.5. The fourth-order valence-corrected chi connectivity index (χ4v) is 2.69. The van der Waals surface area contributed by atoms with Gasteiger partial charge in [0.15, 0.2) is 0 Å². The summed E-state index contributed by atoms with van der Waals surface area (Å²) in [6.07, 6.45) is 0.869. The average molecular weight is 200 g/mol. The van der Waals surface area contributed by atoms with Crippen molar-refractivity contribution in [2.75, 3.05) is 0 Å². The number of hydrogen-bond acceptors (Lipinski definition) is 3. The Hall–Kier alpha value is -1.10. The van der Waals surface area contributed by atoms with Crippen LogP contribution in [0.1, 0.15) is 19.8 Å². The maximum atomic E-state index is 11.0. The maximum absolute atomic E-state index is 11.0. The summed E-state index contributed by atoms with van der Waals surface area (Å²) < 4.78 is 5.45. The van der Waals surface area contributed by atoms with Crippen LogP contribution in [0.15, 0.2) is 0 Å². The van der Waals surface area contributed by atoms with Crippen LogP contribution in [0.5, 0.6) is 0 Å². The van der Waals surface area contributed by atoms with Crippen molar-refractivity contribution in [1.82, 2.24) is 0 Å². The van der Waals surface area contributed by atoms with Gasteiger partial charge in [0.2, 0.25) is 0 Å². The van der Waals surface area contributed by atoms with E-state index in [1.54, 1.807) is 6.92 Å². The molecule has 0 amide bonds. The van der Waals surface area contributed by atoms with Crippen molar-refractivity contribution in [3.05, 3.63) is 0 Å². The summed E-state index contributed by atoms with van der Waals surface area (Å²) in [5.41, 5.74) is -0.778. The molecule has 2 fully saturated rings. The Morgan fingerprint density at radius 3 is 2.43 bits per heavy atom. The molecule has 0 saturated carbocycles. The molecular formula is C9H12O5. The predicted molar refractivity (Wildman–Crippen MR) is 44.8 cm³/mol. The number of rotatable bonds is 2. The second kappa shape index (κ2) is 2.70. The minimum atomic E-state index is -1.07. The first kappa shape index (κ1) is 9.45. The molecule has 0 spiro atoms.